The molecule has 1 saturated carbocycles. The number of carboxylic acids is 1. The Morgan fingerprint density at radius 1 is 0.891 bits per heavy atom. The van der Waals surface area contributed by atoms with E-state index in [1.54, 1.807) is 62.4 Å². The lowest BCUT2D eigenvalue weighted by Gasteiger charge is -2.50. The number of aryl methyl sites for hydroxylation is 2. The third-order valence-electron chi connectivity index (χ3n) is 11.8. The quantitative estimate of drug-likeness (QED) is 0.130. The number of phenols is 1. The number of hydrogen-bond donors (Lipinski definition) is 3. The maximum Gasteiger partial charge on any atom is 0.335 e. The number of halogens is 2. The zero-order chi connectivity index (χ0) is 39.1. The predicted molar refractivity (Wildman–Crippen MR) is 204 cm³/mol. The van der Waals surface area contributed by atoms with Gasteiger partial charge in [0.25, 0.3) is 11.8 Å². The molecular weight excluding hydrogens is 745 g/mol. The fraction of sp³-hybridized carbons (Fsp3) is 0.262. The van der Waals surface area contributed by atoms with Gasteiger partial charge in [-0.1, -0.05) is 65.2 Å². The van der Waals surface area contributed by atoms with E-state index >= 15 is 4.79 Å². The first-order chi connectivity index (χ1) is 26.3. The number of ether oxygens (including phenoxy) is 1. The number of imide groups is 2. The largest absolute Gasteiger partial charge is 0.507 e. The van der Waals surface area contributed by atoms with E-state index in [2.05, 4.69) is 5.43 Å². The Kier molecular flexibility index (Phi) is 8.77. The number of fused-ring (bicyclic) bond motifs is 4. The summed E-state index contributed by atoms with van der Waals surface area (Å²) in [5, 5.41) is 22.1. The van der Waals surface area contributed by atoms with Gasteiger partial charge in [-0.05, 0) is 103 Å². The second kappa shape index (κ2) is 13.3. The van der Waals surface area contributed by atoms with Crippen LogP contribution in [-0.2, 0) is 24.6 Å². The fourth-order valence-corrected chi connectivity index (χ4v) is 9.86. The molecule has 2 heterocycles. The maximum absolute atomic E-state index is 15.5. The first-order valence-corrected chi connectivity index (χ1v) is 18.5. The molecule has 2 saturated heterocycles. The number of allylic oxidation sites excluding steroid dienone is 2. The third kappa shape index (κ3) is 5.43. The van der Waals surface area contributed by atoms with Crippen molar-refractivity contribution in [1.29, 1.82) is 0 Å². The van der Waals surface area contributed by atoms with Crippen molar-refractivity contribution in [3.8, 4) is 11.5 Å². The molecule has 2 aliphatic carbocycles. The van der Waals surface area contributed by atoms with E-state index in [-0.39, 0.29) is 40.6 Å². The molecule has 6 unspecified atom stereocenters. The first kappa shape index (κ1) is 36.3. The van der Waals surface area contributed by atoms with Gasteiger partial charge in [-0.25, -0.2) is 4.79 Å². The number of carbonyl (C=O) groups is 5. The standard InChI is InChI=1S/C42H35Cl2N3O8/c1-20-15-23(16-21(2)36(20)48)35-28-12-13-29-34(39(51)46(37(29)49)26-6-4-5-22(17-26)40(52)53)30(28)19-31-38(50)47(45-33-14-9-25(43)18-32(33)44)41(54)42(31,35)24-7-10-27(55-3)11-8-24/h4-12,14-18,29-31,34-35,45,48H,13,19H2,1-3H3,(H,52,53). The highest BCUT2D eigenvalue weighted by molar-refractivity contribution is 6.36. The highest BCUT2D eigenvalue weighted by Gasteiger charge is 2.70. The summed E-state index contributed by atoms with van der Waals surface area (Å²) in [5.74, 6) is -6.82. The summed E-state index contributed by atoms with van der Waals surface area (Å²) in [6, 6.07) is 21.0. The second-order valence-electron chi connectivity index (χ2n) is 14.6. The van der Waals surface area contributed by atoms with Crippen LogP contribution in [0.15, 0.2) is 90.5 Å². The van der Waals surface area contributed by atoms with Gasteiger partial charge in [-0.2, -0.15) is 5.01 Å². The molecule has 0 bridgehead atoms. The number of benzene rings is 4. The molecule has 3 fully saturated rings. The van der Waals surface area contributed by atoms with Crippen molar-refractivity contribution in [2.75, 3.05) is 17.4 Å². The van der Waals surface area contributed by atoms with Crippen molar-refractivity contribution in [3.05, 3.63) is 128 Å². The lowest BCUT2D eigenvalue weighted by Crippen LogP contribution is -2.53. The lowest BCUT2D eigenvalue weighted by atomic mass is 9.49. The van der Waals surface area contributed by atoms with E-state index in [9.17, 15) is 29.4 Å². The van der Waals surface area contributed by atoms with E-state index in [1.807, 2.05) is 6.08 Å². The van der Waals surface area contributed by atoms with Gasteiger partial charge in [0.1, 0.15) is 11.5 Å². The number of nitrogens with zero attached hydrogens (tertiary/aromatic N) is 2. The average Bonchev–Trinajstić information content (AvgIpc) is 3.55. The lowest BCUT2D eigenvalue weighted by molar-refractivity contribution is -0.138. The van der Waals surface area contributed by atoms with Crippen LogP contribution in [0.25, 0.3) is 0 Å². The van der Waals surface area contributed by atoms with E-state index in [1.165, 1.54) is 37.4 Å². The highest BCUT2D eigenvalue weighted by Crippen LogP contribution is 2.64. The minimum absolute atomic E-state index is 0.0463. The number of methoxy groups -OCH3 is 1. The molecule has 280 valence electrons. The SMILES string of the molecule is COc1ccc(C23C(=O)N(Nc4ccc(Cl)cc4Cl)C(=O)C2CC2C(=CCC4C(=O)N(c5cccc(C(=O)O)c5)C(=O)C42)C3c2cc(C)c(O)c(C)c2)cc1. The van der Waals surface area contributed by atoms with E-state index in [0.29, 0.717) is 33.0 Å². The fourth-order valence-electron chi connectivity index (χ4n) is 9.41. The molecule has 4 aromatic rings. The number of phenolic OH excluding ortho intramolecular Hbond substituents is 1. The van der Waals surface area contributed by atoms with Gasteiger partial charge in [-0.15, -0.1) is 0 Å². The van der Waals surface area contributed by atoms with Crippen LogP contribution in [0.1, 0.15) is 51.4 Å². The van der Waals surface area contributed by atoms with Gasteiger partial charge in [0.2, 0.25) is 11.8 Å². The van der Waals surface area contributed by atoms with E-state index in [0.717, 1.165) is 15.5 Å². The van der Waals surface area contributed by atoms with Crippen LogP contribution in [0.2, 0.25) is 10.0 Å². The van der Waals surface area contributed by atoms with Gasteiger partial charge >= 0.3 is 5.97 Å². The molecule has 0 aromatic heterocycles. The number of aromatic carboxylic acids is 1. The third-order valence-corrected chi connectivity index (χ3v) is 12.3. The minimum atomic E-state index is -1.57. The Balaban J connectivity index is 1.34. The summed E-state index contributed by atoms with van der Waals surface area (Å²) in [6.07, 6.45) is 2.16. The number of carboxylic acid groups (broad SMARTS) is 1. The Labute approximate surface area is 326 Å². The van der Waals surface area contributed by atoms with Crippen LogP contribution >= 0.6 is 23.2 Å². The van der Waals surface area contributed by atoms with E-state index in [4.69, 9.17) is 27.9 Å². The van der Waals surface area contributed by atoms with Crippen molar-refractivity contribution >= 4 is 64.2 Å². The van der Waals surface area contributed by atoms with Gasteiger partial charge in [0.05, 0.1) is 52.2 Å². The van der Waals surface area contributed by atoms with Crippen molar-refractivity contribution in [2.45, 2.75) is 38.0 Å². The number of hydrazine groups is 1. The van der Waals surface area contributed by atoms with Crippen LogP contribution in [0.4, 0.5) is 11.4 Å². The summed E-state index contributed by atoms with van der Waals surface area (Å²) < 4.78 is 5.47. The molecule has 11 nitrogen and oxygen atoms in total. The molecule has 13 heteroatoms. The molecule has 3 N–H and O–H groups in total. The topological polar surface area (TPSA) is 154 Å². The smallest absolute Gasteiger partial charge is 0.335 e. The normalized spacial score (nSPS) is 25.7. The molecule has 4 aromatic carbocycles. The van der Waals surface area contributed by atoms with Crippen LogP contribution in [-0.4, -0.2) is 51.9 Å². The average molecular weight is 781 g/mol. The van der Waals surface area contributed by atoms with Gasteiger partial charge in [0.15, 0.2) is 0 Å². The number of rotatable bonds is 7. The monoisotopic (exact) mass is 779 g/mol. The summed E-state index contributed by atoms with van der Waals surface area (Å²) in [4.78, 5) is 72.0. The first-order valence-electron chi connectivity index (χ1n) is 17.7. The van der Waals surface area contributed by atoms with Gasteiger partial charge in [-0.3, -0.25) is 29.5 Å². The van der Waals surface area contributed by atoms with Crippen LogP contribution in [0.5, 0.6) is 11.5 Å². The summed E-state index contributed by atoms with van der Waals surface area (Å²) in [5.41, 5.74) is 4.81. The van der Waals surface area contributed by atoms with Crippen LogP contribution < -0.4 is 15.1 Å². The molecule has 4 aliphatic rings. The van der Waals surface area contributed by atoms with Crippen molar-refractivity contribution in [1.82, 2.24) is 5.01 Å². The summed E-state index contributed by atoms with van der Waals surface area (Å²) in [7, 11) is 1.53. The zero-order valence-corrected chi connectivity index (χ0v) is 31.4. The second-order valence-corrected chi connectivity index (χ2v) is 15.4. The Hall–Kier alpha value is -5.65. The Bertz CT molecular complexity index is 2360. The van der Waals surface area contributed by atoms with Gasteiger partial charge in [0, 0.05) is 10.9 Å². The Morgan fingerprint density at radius 3 is 2.25 bits per heavy atom. The number of nitrogens with one attached hydrogen (secondary N) is 1. The molecule has 8 rings (SSSR count). The molecule has 0 spiro atoms. The molecule has 4 amide bonds. The predicted octanol–water partition coefficient (Wildman–Crippen LogP) is 7.21. The number of hydrogen-bond acceptors (Lipinski definition) is 8. The van der Waals surface area contributed by atoms with E-state index < -0.39 is 64.6 Å². The number of carbonyl (C=O) groups excluding carboxylic acids is 4. The number of amides is 4. The molecule has 6 atom stereocenters. The van der Waals surface area contributed by atoms with Gasteiger partial charge < -0.3 is 14.9 Å². The molecule has 2 aliphatic heterocycles. The Morgan fingerprint density at radius 2 is 1.60 bits per heavy atom. The van der Waals surface area contributed by atoms with Crippen LogP contribution in [0, 0.1) is 37.5 Å². The highest BCUT2D eigenvalue weighted by atomic mass is 35.5. The minimum Gasteiger partial charge on any atom is -0.507 e. The molecule has 55 heavy (non-hydrogen) atoms. The zero-order valence-electron chi connectivity index (χ0n) is 29.9. The molecule has 0 radical (unpaired) electrons. The van der Waals surface area contributed by atoms with Crippen molar-refractivity contribution in [3.63, 3.8) is 0 Å². The number of anilines is 2. The summed E-state index contributed by atoms with van der Waals surface area (Å²) in [6.45, 7) is 3.52. The molecular formula is C42H35Cl2N3O8. The maximum atomic E-state index is 15.5. The van der Waals surface area contributed by atoms with Crippen molar-refractivity contribution in [2.24, 2.45) is 23.7 Å². The van der Waals surface area contributed by atoms with Crippen LogP contribution in [0.3, 0.4) is 0 Å². The number of aromatic hydroxyl groups is 1. The van der Waals surface area contributed by atoms with Crippen molar-refractivity contribution < 1.29 is 38.9 Å². The summed E-state index contributed by atoms with van der Waals surface area (Å²) >= 11 is 12.7.